The van der Waals surface area contributed by atoms with Crippen LogP contribution in [0.1, 0.15) is 62.5 Å². The van der Waals surface area contributed by atoms with Crippen LogP contribution in [-0.2, 0) is 33.6 Å². The number of ether oxygens (including phenoxy) is 5. The Morgan fingerprint density at radius 1 is 0.811 bits per heavy atom. The van der Waals surface area contributed by atoms with Crippen LogP contribution in [0.4, 0.5) is 4.79 Å². The lowest BCUT2D eigenvalue weighted by Crippen LogP contribution is -2.49. The van der Waals surface area contributed by atoms with E-state index in [9.17, 15) is 27.6 Å². The molecule has 0 spiro atoms. The number of hydrogen-bond donors (Lipinski definition) is 0. The Kier molecular flexibility index (Phi) is 12.4. The molecule has 3 amide bonds. The van der Waals surface area contributed by atoms with Crippen LogP contribution in [0, 0.1) is 0 Å². The molecular formula is C39H44N2O11S. The molecule has 0 radical (unpaired) electrons. The van der Waals surface area contributed by atoms with Crippen LogP contribution in [0.2, 0.25) is 0 Å². The van der Waals surface area contributed by atoms with Gasteiger partial charge in [-0.1, -0.05) is 30.3 Å². The number of pyridine rings is 1. The third-order valence-electron chi connectivity index (χ3n) is 8.32. The first-order chi connectivity index (χ1) is 25.1. The van der Waals surface area contributed by atoms with Gasteiger partial charge in [-0.3, -0.25) is 14.4 Å². The number of nitrogens with zero attached hydrogens (tertiary/aromatic N) is 2. The van der Waals surface area contributed by atoms with Gasteiger partial charge in [-0.05, 0) is 63.1 Å². The molecule has 13 nitrogen and oxygen atoms in total. The number of sulfone groups is 1. The van der Waals surface area contributed by atoms with Crippen molar-refractivity contribution in [3.05, 3.63) is 84.2 Å². The number of piperidine rings is 1. The van der Waals surface area contributed by atoms with Gasteiger partial charge in [0.25, 0.3) is 0 Å². The van der Waals surface area contributed by atoms with Gasteiger partial charge in [-0.15, -0.1) is 0 Å². The van der Waals surface area contributed by atoms with Crippen molar-refractivity contribution in [3.63, 3.8) is 0 Å². The summed E-state index contributed by atoms with van der Waals surface area (Å²) in [5.74, 6) is -0.843. The largest absolute Gasteiger partial charge is 0.491 e. The van der Waals surface area contributed by atoms with Crippen molar-refractivity contribution < 1.29 is 51.3 Å². The standard InChI is InChI=1S/C39H44N2O11S/c1-26(42)33-25-32(31-8-6-7-9-35(31)53(5,46)47)34-24-29(16-17-40(33)34)51-23-21-49-19-18-48-20-22-50-28-12-10-27(11-13-28)30-14-15-36(43)41(37(30)44)38(45)52-39(2,3)4/h6-13,16-17,24-25,30H,14-15,18-23H2,1-5H3. The molecule has 0 N–H and O–H groups in total. The number of hydrogen-bond acceptors (Lipinski definition) is 11. The van der Waals surface area contributed by atoms with Crippen molar-refractivity contribution in [2.45, 2.75) is 57.0 Å². The fourth-order valence-electron chi connectivity index (χ4n) is 5.91. The molecule has 5 rings (SSSR count). The molecule has 1 saturated heterocycles. The van der Waals surface area contributed by atoms with Gasteiger partial charge >= 0.3 is 6.09 Å². The number of imide groups is 3. The molecule has 2 aromatic heterocycles. The normalized spacial score (nSPS) is 15.1. The molecule has 1 unspecified atom stereocenters. The highest BCUT2D eigenvalue weighted by molar-refractivity contribution is 7.90. The number of amides is 3. The Hall–Kier alpha value is -5.05. The third kappa shape index (κ3) is 9.89. The minimum atomic E-state index is -3.52. The fourth-order valence-corrected chi connectivity index (χ4v) is 6.82. The number of carbonyl (C=O) groups is 4. The molecule has 1 fully saturated rings. The summed E-state index contributed by atoms with van der Waals surface area (Å²) < 4.78 is 54.9. The zero-order valence-electron chi connectivity index (χ0n) is 30.5. The van der Waals surface area contributed by atoms with Gasteiger partial charge in [-0.2, -0.15) is 4.90 Å². The smallest absolute Gasteiger partial charge is 0.424 e. The van der Waals surface area contributed by atoms with E-state index in [4.69, 9.17) is 23.7 Å². The first kappa shape index (κ1) is 39.2. The van der Waals surface area contributed by atoms with Crippen LogP contribution >= 0.6 is 0 Å². The molecule has 4 aromatic rings. The number of fused-ring (bicyclic) bond motifs is 1. The average molecular weight is 749 g/mol. The topological polar surface area (TPSA) is 156 Å². The van der Waals surface area contributed by atoms with Crippen LogP contribution < -0.4 is 9.47 Å². The zero-order valence-corrected chi connectivity index (χ0v) is 31.3. The van der Waals surface area contributed by atoms with Gasteiger partial charge in [0.05, 0.1) is 48.5 Å². The molecule has 3 heterocycles. The molecule has 1 aliphatic rings. The van der Waals surface area contributed by atoms with Gasteiger partial charge in [0.15, 0.2) is 15.6 Å². The first-order valence-electron chi connectivity index (χ1n) is 17.2. The molecule has 53 heavy (non-hydrogen) atoms. The van der Waals surface area contributed by atoms with Crippen molar-refractivity contribution in [2.24, 2.45) is 0 Å². The minimum Gasteiger partial charge on any atom is -0.491 e. The second kappa shape index (κ2) is 16.7. The number of Topliss-reactive ketones (excluding diaryl/α,β-unsaturated/α-hetero) is 1. The van der Waals surface area contributed by atoms with Crippen LogP contribution in [-0.4, -0.2) is 92.9 Å². The lowest BCUT2D eigenvalue weighted by atomic mass is 9.89. The molecule has 14 heteroatoms. The van der Waals surface area contributed by atoms with E-state index in [1.165, 1.54) is 6.92 Å². The van der Waals surface area contributed by atoms with E-state index in [1.807, 2.05) is 0 Å². The molecule has 1 aliphatic heterocycles. The quantitative estimate of drug-likeness (QED) is 0.0814. The number of benzene rings is 2. The lowest BCUT2D eigenvalue weighted by Gasteiger charge is -2.31. The summed E-state index contributed by atoms with van der Waals surface area (Å²) in [5.41, 5.74) is 2.02. The fraction of sp³-hybridized carbons (Fsp3) is 0.385. The summed E-state index contributed by atoms with van der Waals surface area (Å²) in [5, 5.41) is 0. The Balaban J connectivity index is 1.03. The van der Waals surface area contributed by atoms with Gasteiger partial charge in [-0.25, -0.2) is 13.2 Å². The van der Waals surface area contributed by atoms with E-state index in [1.54, 1.807) is 98.1 Å². The maximum absolute atomic E-state index is 13.0. The predicted octanol–water partition coefficient (Wildman–Crippen LogP) is 5.87. The highest BCUT2D eigenvalue weighted by Crippen LogP contribution is 2.35. The van der Waals surface area contributed by atoms with Gasteiger partial charge in [0.1, 0.15) is 30.3 Å². The maximum atomic E-state index is 13.0. The Morgan fingerprint density at radius 3 is 2.06 bits per heavy atom. The number of carbonyl (C=O) groups excluding carboxylic acids is 4. The summed E-state index contributed by atoms with van der Waals surface area (Å²) in [6.07, 6.45) is 2.28. The summed E-state index contributed by atoms with van der Waals surface area (Å²) in [6.45, 7) is 8.31. The first-order valence-corrected chi connectivity index (χ1v) is 19.1. The lowest BCUT2D eigenvalue weighted by molar-refractivity contribution is -0.147. The third-order valence-corrected chi connectivity index (χ3v) is 9.47. The zero-order chi connectivity index (χ0) is 38.3. The molecule has 0 aliphatic carbocycles. The molecule has 2 aromatic carbocycles. The van der Waals surface area contributed by atoms with Crippen LogP contribution in [0.25, 0.3) is 16.6 Å². The van der Waals surface area contributed by atoms with Crippen molar-refractivity contribution in [3.8, 4) is 22.6 Å². The van der Waals surface area contributed by atoms with Gasteiger partial charge < -0.3 is 28.1 Å². The molecular weight excluding hydrogens is 704 g/mol. The van der Waals surface area contributed by atoms with Gasteiger partial charge in [0.2, 0.25) is 11.8 Å². The Morgan fingerprint density at radius 2 is 1.43 bits per heavy atom. The molecule has 282 valence electrons. The highest BCUT2D eigenvalue weighted by atomic mass is 32.2. The van der Waals surface area contributed by atoms with E-state index < -0.39 is 39.3 Å². The number of likely N-dealkylation sites (tertiary alicyclic amines) is 1. The minimum absolute atomic E-state index is 0.0591. The molecule has 1 atom stereocenters. The van der Waals surface area contributed by atoms with E-state index in [2.05, 4.69) is 0 Å². The van der Waals surface area contributed by atoms with Crippen molar-refractivity contribution in [1.29, 1.82) is 0 Å². The second-order valence-electron chi connectivity index (χ2n) is 13.5. The van der Waals surface area contributed by atoms with Crippen LogP contribution in [0.15, 0.2) is 77.8 Å². The average Bonchev–Trinajstić information content (AvgIpc) is 3.48. The van der Waals surface area contributed by atoms with E-state index in [0.29, 0.717) is 77.1 Å². The highest BCUT2D eigenvalue weighted by Gasteiger charge is 2.41. The van der Waals surface area contributed by atoms with Crippen molar-refractivity contribution >= 4 is 39.0 Å². The Labute approximate surface area is 308 Å². The molecule has 0 bridgehead atoms. The van der Waals surface area contributed by atoms with Crippen LogP contribution in [0.5, 0.6) is 11.5 Å². The predicted molar refractivity (Wildman–Crippen MR) is 195 cm³/mol. The van der Waals surface area contributed by atoms with Crippen molar-refractivity contribution in [1.82, 2.24) is 9.30 Å². The van der Waals surface area contributed by atoms with Crippen LogP contribution in [0.3, 0.4) is 0 Å². The number of ketones is 1. The van der Waals surface area contributed by atoms with Gasteiger partial charge in [0, 0.05) is 43.0 Å². The molecule has 0 saturated carbocycles. The SMILES string of the molecule is CC(=O)c1cc(-c2ccccc2S(C)(=O)=O)c2cc(OCCOCCOCCOc3ccc(C4CCC(=O)N(C(=O)OC(C)(C)C)C4=O)cc3)ccn12. The number of aromatic nitrogens is 1. The summed E-state index contributed by atoms with van der Waals surface area (Å²) in [7, 11) is -3.52. The van der Waals surface area contributed by atoms with E-state index in [-0.39, 0.29) is 30.3 Å². The van der Waals surface area contributed by atoms with E-state index >= 15 is 0 Å². The number of rotatable bonds is 15. The summed E-state index contributed by atoms with van der Waals surface area (Å²) >= 11 is 0. The van der Waals surface area contributed by atoms with E-state index in [0.717, 1.165) is 6.26 Å². The Bertz CT molecular complexity index is 2080. The van der Waals surface area contributed by atoms with Crippen molar-refractivity contribution in [2.75, 3.05) is 45.9 Å². The summed E-state index contributed by atoms with van der Waals surface area (Å²) in [6, 6.07) is 18.8. The monoisotopic (exact) mass is 748 g/mol. The summed E-state index contributed by atoms with van der Waals surface area (Å²) in [4.78, 5) is 51.1. The maximum Gasteiger partial charge on any atom is 0.424 e. The second-order valence-corrected chi connectivity index (χ2v) is 15.5.